The standard InChI is InChI=1S/C13H14N2O4/c1-3-6-10(12(16)17)15-13(18)14-9-7-4-5-8-11(9)19-2/h1,4-5,7-8,10H,6H2,2H3,(H,16,17)(H2,14,15,18). The molecule has 1 atom stereocenters. The van der Waals surface area contributed by atoms with Crippen molar-refractivity contribution in [3.8, 4) is 18.1 Å². The van der Waals surface area contributed by atoms with Crippen molar-refractivity contribution in [1.82, 2.24) is 5.32 Å². The molecule has 0 aliphatic carbocycles. The quantitative estimate of drug-likeness (QED) is 0.698. The van der Waals surface area contributed by atoms with Gasteiger partial charge in [0.05, 0.1) is 12.8 Å². The monoisotopic (exact) mass is 262 g/mol. The summed E-state index contributed by atoms with van der Waals surface area (Å²) in [7, 11) is 1.47. The average molecular weight is 262 g/mol. The second kappa shape index (κ2) is 6.91. The van der Waals surface area contributed by atoms with Gasteiger partial charge in [0.25, 0.3) is 0 Å². The van der Waals surface area contributed by atoms with Crippen LogP contribution < -0.4 is 15.4 Å². The molecule has 0 saturated carbocycles. The summed E-state index contributed by atoms with van der Waals surface area (Å²) < 4.78 is 5.05. The molecule has 0 saturated heterocycles. The van der Waals surface area contributed by atoms with Crippen molar-refractivity contribution >= 4 is 17.7 Å². The van der Waals surface area contributed by atoms with Gasteiger partial charge in [0.1, 0.15) is 11.8 Å². The van der Waals surface area contributed by atoms with E-state index in [1.807, 2.05) is 0 Å². The lowest BCUT2D eigenvalue weighted by atomic mass is 10.2. The lowest BCUT2D eigenvalue weighted by Crippen LogP contribution is -2.42. The van der Waals surface area contributed by atoms with Gasteiger partial charge >= 0.3 is 12.0 Å². The number of anilines is 1. The number of ether oxygens (including phenoxy) is 1. The molecule has 1 aromatic rings. The van der Waals surface area contributed by atoms with Crippen LogP contribution in [0.3, 0.4) is 0 Å². The van der Waals surface area contributed by atoms with Gasteiger partial charge in [-0.1, -0.05) is 12.1 Å². The molecule has 19 heavy (non-hydrogen) atoms. The van der Waals surface area contributed by atoms with Gasteiger partial charge in [0.2, 0.25) is 0 Å². The zero-order valence-corrected chi connectivity index (χ0v) is 10.3. The summed E-state index contributed by atoms with van der Waals surface area (Å²) in [6.45, 7) is 0. The summed E-state index contributed by atoms with van der Waals surface area (Å²) >= 11 is 0. The molecule has 0 aromatic heterocycles. The van der Waals surface area contributed by atoms with Crippen LogP contribution in [0.5, 0.6) is 5.75 Å². The van der Waals surface area contributed by atoms with E-state index in [4.69, 9.17) is 16.3 Å². The molecule has 0 aliphatic heterocycles. The molecule has 1 unspecified atom stereocenters. The molecule has 0 radical (unpaired) electrons. The predicted molar refractivity (Wildman–Crippen MR) is 70.0 cm³/mol. The molecule has 0 bridgehead atoms. The van der Waals surface area contributed by atoms with E-state index in [-0.39, 0.29) is 6.42 Å². The number of benzene rings is 1. The van der Waals surface area contributed by atoms with Gasteiger partial charge in [-0.05, 0) is 12.1 Å². The highest BCUT2D eigenvalue weighted by molar-refractivity contribution is 5.93. The van der Waals surface area contributed by atoms with Crippen molar-refractivity contribution in [3.05, 3.63) is 24.3 Å². The highest BCUT2D eigenvalue weighted by atomic mass is 16.5. The fraction of sp³-hybridized carbons (Fsp3) is 0.231. The zero-order chi connectivity index (χ0) is 14.3. The van der Waals surface area contributed by atoms with Gasteiger partial charge in [0, 0.05) is 6.42 Å². The lowest BCUT2D eigenvalue weighted by molar-refractivity contribution is -0.139. The second-order valence-corrected chi connectivity index (χ2v) is 3.60. The molecule has 0 fully saturated rings. The molecule has 0 heterocycles. The zero-order valence-electron chi connectivity index (χ0n) is 10.3. The van der Waals surface area contributed by atoms with Crippen LogP contribution >= 0.6 is 0 Å². The van der Waals surface area contributed by atoms with Crippen LogP contribution in [0.15, 0.2) is 24.3 Å². The summed E-state index contributed by atoms with van der Waals surface area (Å²) in [6, 6.07) is 4.99. The summed E-state index contributed by atoms with van der Waals surface area (Å²) in [6.07, 6.45) is 4.95. The van der Waals surface area contributed by atoms with Crippen molar-refractivity contribution < 1.29 is 19.4 Å². The summed E-state index contributed by atoms with van der Waals surface area (Å²) in [5.41, 5.74) is 0.437. The van der Waals surface area contributed by atoms with Crippen molar-refractivity contribution in [1.29, 1.82) is 0 Å². The number of urea groups is 1. The van der Waals surface area contributed by atoms with Crippen LogP contribution in [0, 0.1) is 12.3 Å². The smallest absolute Gasteiger partial charge is 0.327 e. The Hall–Kier alpha value is -2.68. The number of para-hydroxylation sites is 2. The Bertz CT molecular complexity index is 508. The highest BCUT2D eigenvalue weighted by Gasteiger charge is 2.19. The maximum atomic E-state index is 11.7. The molecule has 3 N–H and O–H groups in total. The Kier molecular flexibility index (Phi) is 5.23. The van der Waals surface area contributed by atoms with Crippen molar-refractivity contribution in [2.45, 2.75) is 12.5 Å². The van der Waals surface area contributed by atoms with E-state index in [0.717, 1.165) is 0 Å². The Morgan fingerprint density at radius 3 is 2.74 bits per heavy atom. The van der Waals surface area contributed by atoms with Crippen LogP contribution in [0.2, 0.25) is 0 Å². The molecule has 0 spiro atoms. The third-order valence-electron chi connectivity index (χ3n) is 2.28. The SMILES string of the molecule is C#CCC(NC(=O)Nc1ccccc1OC)C(=O)O. The largest absolute Gasteiger partial charge is 0.495 e. The average Bonchev–Trinajstić information content (AvgIpc) is 2.38. The number of carboxylic acid groups (broad SMARTS) is 1. The first-order valence-corrected chi connectivity index (χ1v) is 5.45. The molecular formula is C13H14N2O4. The minimum absolute atomic E-state index is 0.0886. The maximum absolute atomic E-state index is 11.7. The number of carbonyl (C=O) groups is 2. The summed E-state index contributed by atoms with van der Waals surface area (Å²) in [5, 5.41) is 13.6. The van der Waals surface area contributed by atoms with E-state index in [2.05, 4.69) is 16.6 Å². The van der Waals surface area contributed by atoms with E-state index in [9.17, 15) is 9.59 Å². The lowest BCUT2D eigenvalue weighted by Gasteiger charge is -2.14. The number of nitrogens with one attached hydrogen (secondary N) is 2. The molecule has 2 amide bonds. The van der Waals surface area contributed by atoms with Crippen LogP contribution in [0.1, 0.15) is 6.42 Å². The van der Waals surface area contributed by atoms with Gasteiger partial charge in [-0.15, -0.1) is 12.3 Å². The fourth-order valence-electron chi connectivity index (χ4n) is 1.38. The first-order valence-electron chi connectivity index (χ1n) is 5.45. The first kappa shape index (κ1) is 14.4. The Labute approximate surface area is 110 Å². The number of carbonyl (C=O) groups excluding carboxylic acids is 1. The molecule has 1 rings (SSSR count). The van der Waals surface area contributed by atoms with Gasteiger partial charge < -0.3 is 20.5 Å². The highest BCUT2D eigenvalue weighted by Crippen LogP contribution is 2.22. The Morgan fingerprint density at radius 2 is 2.16 bits per heavy atom. The number of hydrogen-bond acceptors (Lipinski definition) is 3. The molecule has 0 aliphatic rings. The van der Waals surface area contributed by atoms with Gasteiger partial charge in [-0.25, -0.2) is 9.59 Å². The number of carboxylic acids is 1. The summed E-state index contributed by atoms with van der Waals surface area (Å²) in [5.74, 6) is 1.48. The van der Waals surface area contributed by atoms with Crippen LogP contribution in [-0.4, -0.2) is 30.3 Å². The molecule has 100 valence electrons. The van der Waals surface area contributed by atoms with Crippen LogP contribution in [0.25, 0.3) is 0 Å². The number of terminal acetylenes is 1. The van der Waals surface area contributed by atoms with Crippen molar-refractivity contribution in [2.24, 2.45) is 0 Å². The normalized spacial score (nSPS) is 10.9. The van der Waals surface area contributed by atoms with Gasteiger partial charge in [0.15, 0.2) is 0 Å². The Morgan fingerprint density at radius 1 is 1.47 bits per heavy atom. The van der Waals surface area contributed by atoms with E-state index in [0.29, 0.717) is 11.4 Å². The van der Waals surface area contributed by atoms with Crippen LogP contribution in [-0.2, 0) is 4.79 Å². The van der Waals surface area contributed by atoms with Gasteiger partial charge in [-0.3, -0.25) is 0 Å². The third kappa shape index (κ3) is 4.24. The number of aliphatic carboxylic acids is 1. The minimum atomic E-state index is -1.19. The molecular weight excluding hydrogens is 248 g/mol. The van der Waals surface area contributed by atoms with E-state index in [1.54, 1.807) is 24.3 Å². The predicted octanol–water partition coefficient (Wildman–Crippen LogP) is 1.29. The fourth-order valence-corrected chi connectivity index (χ4v) is 1.38. The van der Waals surface area contributed by atoms with E-state index < -0.39 is 18.0 Å². The van der Waals surface area contributed by atoms with Crippen molar-refractivity contribution in [2.75, 3.05) is 12.4 Å². The van der Waals surface area contributed by atoms with Crippen molar-refractivity contribution in [3.63, 3.8) is 0 Å². The molecule has 6 nitrogen and oxygen atoms in total. The number of hydrogen-bond donors (Lipinski definition) is 3. The molecule has 6 heteroatoms. The maximum Gasteiger partial charge on any atom is 0.327 e. The number of amides is 2. The van der Waals surface area contributed by atoms with Gasteiger partial charge in [-0.2, -0.15) is 0 Å². The minimum Gasteiger partial charge on any atom is -0.495 e. The third-order valence-corrected chi connectivity index (χ3v) is 2.28. The van der Waals surface area contributed by atoms with Crippen LogP contribution in [0.4, 0.5) is 10.5 Å². The second-order valence-electron chi connectivity index (χ2n) is 3.60. The molecule has 1 aromatic carbocycles. The van der Waals surface area contributed by atoms with E-state index in [1.165, 1.54) is 7.11 Å². The first-order chi connectivity index (χ1) is 9.08. The summed E-state index contributed by atoms with van der Waals surface area (Å²) in [4.78, 5) is 22.5. The Balaban J connectivity index is 2.69. The number of methoxy groups -OCH3 is 1. The topological polar surface area (TPSA) is 87.7 Å². The van der Waals surface area contributed by atoms with E-state index >= 15 is 0 Å². The number of rotatable bonds is 5.